The standard InChI is InChI=1S/C12H20N4O/c1-9-3-2-4-10(9)15-12(17)11-7-16(6-5-13)8-14-11/h7-10H,2-6,13H2,1H3,(H,15,17). The highest BCUT2D eigenvalue weighted by atomic mass is 16.2. The van der Waals surface area contributed by atoms with E-state index in [0.717, 1.165) is 6.42 Å². The Hall–Kier alpha value is -1.36. The first-order valence-corrected chi connectivity index (χ1v) is 6.23. The highest BCUT2D eigenvalue weighted by molar-refractivity contribution is 5.92. The predicted molar refractivity (Wildman–Crippen MR) is 65.6 cm³/mol. The molecule has 5 nitrogen and oxygen atoms in total. The van der Waals surface area contributed by atoms with E-state index in [2.05, 4.69) is 17.2 Å². The van der Waals surface area contributed by atoms with Gasteiger partial charge in [-0.2, -0.15) is 0 Å². The number of hydrogen-bond acceptors (Lipinski definition) is 3. The summed E-state index contributed by atoms with van der Waals surface area (Å²) < 4.78 is 1.84. The van der Waals surface area contributed by atoms with Crippen molar-refractivity contribution in [2.75, 3.05) is 6.54 Å². The summed E-state index contributed by atoms with van der Waals surface area (Å²) in [6.07, 6.45) is 6.89. The highest BCUT2D eigenvalue weighted by Gasteiger charge is 2.25. The summed E-state index contributed by atoms with van der Waals surface area (Å²) in [5.41, 5.74) is 5.93. The number of amides is 1. The van der Waals surface area contributed by atoms with Crippen LogP contribution in [0.25, 0.3) is 0 Å². The zero-order valence-corrected chi connectivity index (χ0v) is 10.2. The zero-order chi connectivity index (χ0) is 12.3. The van der Waals surface area contributed by atoms with Gasteiger partial charge in [0.1, 0.15) is 5.69 Å². The lowest BCUT2D eigenvalue weighted by atomic mass is 10.1. The van der Waals surface area contributed by atoms with Crippen LogP contribution in [0.2, 0.25) is 0 Å². The Labute approximate surface area is 101 Å². The minimum Gasteiger partial charge on any atom is -0.348 e. The molecule has 1 amide bonds. The van der Waals surface area contributed by atoms with Gasteiger partial charge in [0.2, 0.25) is 0 Å². The second-order valence-electron chi connectivity index (χ2n) is 4.77. The van der Waals surface area contributed by atoms with Crippen molar-refractivity contribution in [1.29, 1.82) is 0 Å². The Morgan fingerprint density at radius 1 is 1.65 bits per heavy atom. The smallest absolute Gasteiger partial charge is 0.271 e. The fourth-order valence-corrected chi connectivity index (χ4v) is 2.35. The number of nitrogens with two attached hydrogens (primary N) is 1. The summed E-state index contributed by atoms with van der Waals surface area (Å²) in [6.45, 7) is 3.43. The zero-order valence-electron chi connectivity index (χ0n) is 10.2. The number of rotatable bonds is 4. The summed E-state index contributed by atoms with van der Waals surface area (Å²) >= 11 is 0. The molecular weight excluding hydrogens is 216 g/mol. The third-order valence-corrected chi connectivity index (χ3v) is 3.43. The summed E-state index contributed by atoms with van der Waals surface area (Å²) in [7, 11) is 0. The Bertz CT molecular complexity index is 388. The molecule has 5 heteroatoms. The second kappa shape index (κ2) is 5.31. The molecule has 1 saturated carbocycles. The molecule has 0 saturated heterocycles. The van der Waals surface area contributed by atoms with Crippen LogP contribution in [-0.2, 0) is 6.54 Å². The first-order valence-electron chi connectivity index (χ1n) is 6.23. The van der Waals surface area contributed by atoms with Crippen molar-refractivity contribution >= 4 is 5.91 Å². The summed E-state index contributed by atoms with van der Waals surface area (Å²) in [6, 6.07) is 0.308. The van der Waals surface area contributed by atoms with Crippen LogP contribution in [0, 0.1) is 5.92 Å². The van der Waals surface area contributed by atoms with Crippen molar-refractivity contribution in [1.82, 2.24) is 14.9 Å². The average Bonchev–Trinajstić information content (AvgIpc) is 2.90. The molecule has 0 aromatic carbocycles. The van der Waals surface area contributed by atoms with Crippen LogP contribution in [0.3, 0.4) is 0 Å². The van der Waals surface area contributed by atoms with Crippen molar-refractivity contribution in [3.63, 3.8) is 0 Å². The number of hydrogen-bond donors (Lipinski definition) is 2. The minimum absolute atomic E-state index is 0.0699. The van der Waals surface area contributed by atoms with Crippen molar-refractivity contribution in [2.45, 2.75) is 38.8 Å². The molecule has 0 bridgehead atoms. The topological polar surface area (TPSA) is 72.9 Å². The lowest BCUT2D eigenvalue weighted by molar-refractivity contribution is 0.0925. The van der Waals surface area contributed by atoms with E-state index >= 15 is 0 Å². The summed E-state index contributed by atoms with van der Waals surface area (Å²) in [4.78, 5) is 16.0. The third-order valence-electron chi connectivity index (χ3n) is 3.43. The third kappa shape index (κ3) is 2.85. The Morgan fingerprint density at radius 2 is 2.47 bits per heavy atom. The van der Waals surface area contributed by atoms with Gasteiger partial charge in [-0.3, -0.25) is 4.79 Å². The summed E-state index contributed by atoms with van der Waals surface area (Å²) in [5.74, 6) is 0.504. The van der Waals surface area contributed by atoms with Gasteiger partial charge in [-0.05, 0) is 18.8 Å². The van der Waals surface area contributed by atoms with Gasteiger partial charge in [-0.15, -0.1) is 0 Å². The molecule has 0 radical (unpaired) electrons. The van der Waals surface area contributed by atoms with Crippen molar-refractivity contribution in [2.24, 2.45) is 11.7 Å². The molecule has 3 N–H and O–H groups in total. The first kappa shape index (κ1) is 12.1. The molecule has 94 valence electrons. The summed E-state index contributed by atoms with van der Waals surface area (Å²) in [5, 5.41) is 3.05. The quantitative estimate of drug-likeness (QED) is 0.810. The van der Waals surface area contributed by atoms with E-state index in [1.807, 2.05) is 4.57 Å². The molecule has 1 heterocycles. The number of carbonyl (C=O) groups excluding carboxylic acids is 1. The Morgan fingerprint density at radius 3 is 3.12 bits per heavy atom. The fraction of sp³-hybridized carbons (Fsp3) is 0.667. The van der Waals surface area contributed by atoms with Crippen LogP contribution >= 0.6 is 0 Å². The molecule has 1 aliphatic rings. The van der Waals surface area contributed by atoms with E-state index in [1.54, 1.807) is 12.5 Å². The van der Waals surface area contributed by atoms with E-state index in [9.17, 15) is 4.79 Å². The van der Waals surface area contributed by atoms with Gasteiger partial charge in [-0.1, -0.05) is 13.3 Å². The van der Waals surface area contributed by atoms with Crippen LogP contribution in [-0.4, -0.2) is 28.0 Å². The lowest BCUT2D eigenvalue weighted by Crippen LogP contribution is -2.36. The van der Waals surface area contributed by atoms with Crippen molar-refractivity contribution < 1.29 is 4.79 Å². The molecule has 1 aromatic heterocycles. The van der Waals surface area contributed by atoms with E-state index in [-0.39, 0.29) is 5.91 Å². The molecule has 2 rings (SSSR count). The van der Waals surface area contributed by atoms with Gasteiger partial charge < -0.3 is 15.6 Å². The van der Waals surface area contributed by atoms with Crippen molar-refractivity contribution in [3.8, 4) is 0 Å². The Balaban J connectivity index is 1.94. The van der Waals surface area contributed by atoms with E-state index in [1.165, 1.54) is 12.8 Å². The van der Waals surface area contributed by atoms with Crippen LogP contribution < -0.4 is 11.1 Å². The minimum atomic E-state index is -0.0699. The largest absolute Gasteiger partial charge is 0.348 e. The van der Waals surface area contributed by atoms with Crippen LogP contribution in [0.1, 0.15) is 36.7 Å². The molecule has 0 aliphatic heterocycles. The molecule has 0 spiro atoms. The monoisotopic (exact) mass is 236 g/mol. The normalized spacial score (nSPS) is 23.9. The number of carbonyl (C=O) groups is 1. The fourth-order valence-electron chi connectivity index (χ4n) is 2.35. The molecule has 1 aromatic rings. The van der Waals surface area contributed by atoms with Gasteiger partial charge in [0.15, 0.2) is 0 Å². The number of imidazole rings is 1. The van der Waals surface area contributed by atoms with Gasteiger partial charge >= 0.3 is 0 Å². The molecule has 1 aliphatic carbocycles. The average molecular weight is 236 g/mol. The second-order valence-corrected chi connectivity index (χ2v) is 4.77. The first-order chi connectivity index (χ1) is 8.20. The van der Waals surface area contributed by atoms with Gasteiger partial charge in [-0.25, -0.2) is 4.98 Å². The molecule has 2 atom stereocenters. The molecule has 2 unspecified atom stereocenters. The van der Waals surface area contributed by atoms with Gasteiger partial charge in [0.25, 0.3) is 5.91 Å². The maximum absolute atomic E-state index is 11.9. The SMILES string of the molecule is CC1CCCC1NC(=O)c1cn(CCN)cn1. The number of aromatic nitrogens is 2. The molecule has 17 heavy (non-hydrogen) atoms. The maximum atomic E-state index is 11.9. The van der Waals surface area contributed by atoms with Crippen LogP contribution in [0.4, 0.5) is 0 Å². The van der Waals surface area contributed by atoms with Gasteiger partial charge in [0.05, 0.1) is 6.33 Å². The van der Waals surface area contributed by atoms with E-state index < -0.39 is 0 Å². The van der Waals surface area contributed by atoms with Gasteiger partial charge in [0, 0.05) is 25.3 Å². The Kier molecular flexibility index (Phi) is 3.78. The predicted octanol–water partition coefficient (Wildman–Crippen LogP) is 0.760. The van der Waals surface area contributed by atoms with Crippen LogP contribution in [0.15, 0.2) is 12.5 Å². The van der Waals surface area contributed by atoms with Crippen LogP contribution in [0.5, 0.6) is 0 Å². The lowest BCUT2D eigenvalue weighted by Gasteiger charge is -2.16. The maximum Gasteiger partial charge on any atom is 0.271 e. The van der Waals surface area contributed by atoms with E-state index in [4.69, 9.17) is 5.73 Å². The number of nitrogens with zero attached hydrogens (tertiary/aromatic N) is 2. The molecule has 1 fully saturated rings. The number of nitrogens with one attached hydrogen (secondary N) is 1. The van der Waals surface area contributed by atoms with Crippen molar-refractivity contribution in [3.05, 3.63) is 18.2 Å². The highest BCUT2D eigenvalue weighted by Crippen LogP contribution is 2.24. The van der Waals surface area contributed by atoms with E-state index in [0.29, 0.717) is 30.7 Å². The molecular formula is C12H20N4O.